The van der Waals surface area contributed by atoms with E-state index < -0.39 is 21.7 Å². The number of aliphatic hydroxyl groups excluding tert-OH is 1. The first-order valence-corrected chi connectivity index (χ1v) is 13.7. The van der Waals surface area contributed by atoms with Crippen LogP contribution in [-0.2, 0) is 16.6 Å². The number of halogens is 1. The number of amides is 1. The maximum Gasteiger partial charge on any atom is 0.255 e. The van der Waals surface area contributed by atoms with Gasteiger partial charge in [0.2, 0.25) is 10.0 Å². The lowest BCUT2D eigenvalue weighted by atomic mass is 9.98. The Kier molecular flexibility index (Phi) is 6.46. The first-order valence-electron chi connectivity index (χ1n) is 11.8. The second-order valence-electron chi connectivity index (χ2n) is 8.99. The monoisotopic (exact) mass is 535 g/mol. The van der Waals surface area contributed by atoms with Crippen LogP contribution in [0.3, 0.4) is 0 Å². The molecular formula is C28H26FN3O5S. The van der Waals surface area contributed by atoms with Crippen molar-refractivity contribution in [3.05, 3.63) is 78.2 Å². The summed E-state index contributed by atoms with van der Waals surface area (Å²) in [5.41, 5.74) is 3.59. The van der Waals surface area contributed by atoms with Gasteiger partial charge in [0, 0.05) is 54.9 Å². The normalized spacial score (nSPS) is 11.8. The summed E-state index contributed by atoms with van der Waals surface area (Å²) in [4.78, 5) is 13.1. The van der Waals surface area contributed by atoms with Gasteiger partial charge in [-0.15, -0.1) is 0 Å². The lowest BCUT2D eigenvalue weighted by Gasteiger charge is -2.21. The van der Waals surface area contributed by atoms with Gasteiger partial charge in [-0.1, -0.05) is 12.1 Å². The lowest BCUT2D eigenvalue weighted by Crippen LogP contribution is -2.25. The highest BCUT2D eigenvalue weighted by molar-refractivity contribution is 7.92. The van der Waals surface area contributed by atoms with Crippen LogP contribution >= 0.6 is 0 Å². The lowest BCUT2D eigenvalue weighted by molar-refractivity contribution is 0.0964. The fourth-order valence-corrected chi connectivity index (χ4v) is 5.12. The number of carbonyl (C=O) groups is 1. The molecule has 0 radical (unpaired) electrons. The largest absolute Gasteiger partial charge is 0.455 e. The van der Waals surface area contributed by atoms with E-state index in [4.69, 9.17) is 4.42 Å². The number of furan rings is 1. The zero-order valence-electron chi connectivity index (χ0n) is 21.0. The summed E-state index contributed by atoms with van der Waals surface area (Å²) in [6.45, 7) is 0.379. The minimum atomic E-state index is -3.65. The van der Waals surface area contributed by atoms with Crippen LogP contribution in [0.5, 0.6) is 0 Å². The molecule has 0 aliphatic heterocycles. The van der Waals surface area contributed by atoms with Gasteiger partial charge in [-0.05, 0) is 53.4 Å². The van der Waals surface area contributed by atoms with Gasteiger partial charge in [0.1, 0.15) is 17.2 Å². The number of nitrogens with zero attached hydrogens (tertiary/aromatic N) is 2. The fraction of sp³-hybridized carbons (Fsp3) is 0.179. The Labute approximate surface area is 219 Å². The Hall–Kier alpha value is -4.15. The van der Waals surface area contributed by atoms with Crippen molar-refractivity contribution in [1.29, 1.82) is 0 Å². The Morgan fingerprint density at radius 3 is 2.45 bits per heavy atom. The third-order valence-electron chi connectivity index (χ3n) is 6.63. The maximum absolute atomic E-state index is 13.6. The van der Waals surface area contributed by atoms with E-state index in [0.717, 1.165) is 22.7 Å². The molecule has 0 saturated carbocycles. The average molecular weight is 536 g/mol. The predicted molar refractivity (Wildman–Crippen MR) is 146 cm³/mol. The van der Waals surface area contributed by atoms with E-state index in [1.807, 2.05) is 35.0 Å². The van der Waals surface area contributed by atoms with Gasteiger partial charge in [0.05, 0.1) is 24.1 Å². The average Bonchev–Trinajstić information content (AvgIpc) is 3.47. The Morgan fingerprint density at radius 1 is 1.08 bits per heavy atom. The molecular weight excluding hydrogens is 509 g/mol. The second kappa shape index (κ2) is 9.62. The molecule has 0 bridgehead atoms. The summed E-state index contributed by atoms with van der Waals surface area (Å²) in [6.07, 6.45) is 2.99. The van der Waals surface area contributed by atoms with Gasteiger partial charge in [0.25, 0.3) is 5.91 Å². The van der Waals surface area contributed by atoms with E-state index in [0.29, 0.717) is 34.3 Å². The number of rotatable bonds is 7. The first-order chi connectivity index (χ1) is 18.1. The van der Waals surface area contributed by atoms with E-state index in [-0.39, 0.29) is 17.9 Å². The number of nitrogens with one attached hydrogen (secondary N) is 1. The molecule has 5 rings (SSSR count). The van der Waals surface area contributed by atoms with Crippen LogP contribution in [0.2, 0.25) is 0 Å². The van der Waals surface area contributed by atoms with Crippen LogP contribution in [0, 0.1) is 5.82 Å². The molecule has 0 spiro atoms. The minimum Gasteiger partial charge on any atom is -0.455 e. The molecule has 2 N–H and O–H groups in total. The molecule has 0 atom stereocenters. The number of fused-ring (bicyclic) bond motifs is 2. The fourth-order valence-electron chi connectivity index (χ4n) is 4.61. The minimum absolute atomic E-state index is 0.0291. The molecule has 196 valence electrons. The van der Waals surface area contributed by atoms with Crippen molar-refractivity contribution >= 4 is 43.5 Å². The van der Waals surface area contributed by atoms with Crippen LogP contribution in [-0.4, -0.2) is 51.0 Å². The highest BCUT2D eigenvalue weighted by Gasteiger charge is 2.26. The van der Waals surface area contributed by atoms with E-state index >= 15 is 0 Å². The summed E-state index contributed by atoms with van der Waals surface area (Å²) in [5.74, 6) is -0.575. The molecule has 8 nitrogen and oxygen atoms in total. The van der Waals surface area contributed by atoms with Crippen molar-refractivity contribution in [2.45, 2.75) is 6.54 Å². The quantitative estimate of drug-likeness (QED) is 0.317. The van der Waals surface area contributed by atoms with Crippen molar-refractivity contribution in [1.82, 2.24) is 9.88 Å². The molecule has 3 aromatic carbocycles. The number of benzene rings is 3. The maximum atomic E-state index is 13.6. The first kappa shape index (κ1) is 25.5. The molecule has 2 heterocycles. The zero-order valence-corrected chi connectivity index (χ0v) is 21.8. The van der Waals surface area contributed by atoms with Crippen LogP contribution < -0.4 is 9.62 Å². The molecule has 0 aliphatic rings. The number of sulfonamides is 1. The summed E-state index contributed by atoms with van der Waals surface area (Å²) >= 11 is 0. The van der Waals surface area contributed by atoms with E-state index in [1.54, 1.807) is 12.1 Å². The highest BCUT2D eigenvalue weighted by atomic mass is 32.2. The number of hydrogen-bond donors (Lipinski definition) is 2. The van der Waals surface area contributed by atoms with Crippen molar-refractivity contribution < 1.29 is 27.1 Å². The van der Waals surface area contributed by atoms with Crippen LogP contribution in [0.4, 0.5) is 10.1 Å². The molecule has 0 saturated heterocycles. The van der Waals surface area contributed by atoms with Crippen molar-refractivity contribution in [2.24, 2.45) is 0 Å². The van der Waals surface area contributed by atoms with Crippen molar-refractivity contribution in [3.8, 4) is 22.5 Å². The van der Waals surface area contributed by atoms with Gasteiger partial charge in [0.15, 0.2) is 0 Å². The van der Waals surface area contributed by atoms with Gasteiger partial charge in [-0.2, -0.15) is 0 Å². The molecule has 1 amide bonds. The predicted octanol–water partition coefficient (Wildman–Crippen LogP) is 4.61. The van der Waals surface area contributed by atoms with Crippen molar-refractivity contribution in [3.63, 3.8) is 0 Å². The van der Waals surface area contributed by atoms with Crippen LogP contribution in [0.1, 0.15) is 10.4 Å². The molecule has 0 aliphatic carbocycles. The van der Waals surface area contributed by atoms with Gasteiger partial charge >= 0.3 is 0 Å². The third-order valence-corrected chi connectivity index (χ3v) is 7.82. The number of aliphatic hydroxyl groups is 1. The number of hydrogen-bond acceptors (Lipinski definition) is 5. The van der Waals surface area contributed by atoms with Gasteiger partial charge in [-0.25, -0.2) is 12.8 Å². The summed E-state index contributed by atoms with van der Waals surface area (Å²) in [6, 6.07) is 16.6. The number of carbonyl (C=O) groups excluding carboxylic acids is 1. The molecule has 0 unspecified atom stereocenters. The van der Waals surface area contributed by atoms with Gasteiger partial charge < -0.3 is 19.4 Å². The topological polar surface area (TPSA) is 105 Å². The smallest absolute Gasteiger partial charge is 0.255 e. The zero-order chi connectivity index (χ0) is 27.2. The standard InChI is InChI=1S/C28H26FN3O5S/c1-30-28(34)26-22-15-21(19-5-4-17-10-11-32(12-13-33)23(17)14-19)24(31(2)38(3,35)36)16-25(22)37-27(26)18-6-8-20(29)9-7-18/h4-11,14-16,33H,12-13H2,1-3H3,(H,30,34). The second-order valence-corrected chi connectivity index (χ2v) is 11.0. The van der Waals surface area contributed by atoms with Crippen molar-refractivity contribution in [2.75, 3.05) is 31.3 Å². The Balaban J connectivity index is 1.83. The van der Waals surface area contributed by atoms with Crippen LogP contribution in [0.25, 0.3) is 44.3 Å². The van der Waals surface area contributed by atoms with E-state index in [1.165, 1.54) is 42.7 Å². The Bertz CT molecular complexity index is 1790. The van der Waals surface area contributed by atoms with E-state index in [2.05, 4.69) is 5.32 Å². The number of aromatic nitrogens is 1. The summed E-state index contributed by atoms with van der Waals surface area (Å²) in [7, 11) is -0.692. The molecule has 2 aromatic heterocycles. The summed E-state index contributed by atoms with van der Waals surface area (Å²) in [5, 5.41) is 13.5. The van der Waals surface area contributed by atoms with Gasteiger partial charge in [-0.3, -0.25) is 9.10 Å². The van der Waals surface area contributed by atoms with Crippen LogP contribution in [0.15, 0.2) is 71.3 Å². The summed E-state index contributed by atoms with van der Waals surface area (Å²) < 4.78 is 48.0. The highest BCUT2D eigenvalue weighted by Crippen LogP contribution is 2.41. The SMILES string of the molecule is CNC(=O)c1c(-c2ccc(F)cc2)oc2cc(N(C)S(C)(=O)=O)c(-c3ccc4ccn(CCO)c4c3)cc12. The molecule has 10 heteroatoms. The Morgan fingerprint density at radius 2 is 1.79 bits per heavy atom. The van der Waals surface area contributed by atoms with E-state index in [9.17, 15) is 22.7 Å². The third kappa shape index (κ3) is 4.42. The molecule has 38 heavy (non-hydrogen) atoms. The number of anilines is 1. The molecule has 0 fully saturated rings. The molecule has 5 aromatic rings.